The second-order valence-corrected chi connectivity index (χ2v) is 9.10. The number of hydrogen-bond donors (Lipinski definition) is 0. The fourth-order valence-corrected chi connectivity index (χ4v) is 5.26. The van der Waals surface area contributed by atoms with E-state index in [9.17, 15) is 0 Å². The molecule has 0 fully saturated rings. The van der Waals surface area contributed by atoms with E-state index in [1.165, 1.54) is 43.4 Å². The standard InChI is InChI=1S/C18H20P2.Rh/c1-11-9-17(13(3)19-11)15-7-5-6-8-16(15)18-10-12(2)20-14(18)4;/h5-10,19-20H,1-4H3;/q;+1. The molecule has 2 unspecified atom stereocenters. The Bertz CT molecular complexity index is 700. The minimum absolute atomic E-state index is 0. The van der Waals surface area contributed by atoms with Gasteiger partial charge in [0.15, 0.2) is 0 Å². The predicted octanol–water partition coefficient (Wildman–Crippen LogP) is 6.31. The Hall–Kier alpha value is -0.597. The molecule has 0 aliphatic heterocycles. The van der Waals surface area contributed by atoms with Gasteiger partial charge in [-0.15, -0.1) is 16.4 Å². The van der Waals surface area contributed by atoms with Gasteiger partial charge >= 0.3 is 19.5 Å². The molecule has 0 N–H and O–H groups in total. The zero-order chi connectivity index (χ0) is 14.3. The van der Waals surface area contributed by atoms with Crippen LogP contribution >= 0.6 is 16.4 Å². The van der Waals surface area contributed by atoms with E-state index in [0.29, 0.717) is 0 Å². The van der Waals surface area contributed by atoms with Crippen molar-refractivity contribution in [3.8, 4) is 22.3 Å². The summed E-state index contributed by atoms with van der Waals surface area (Å²) in [6.07, 6.45) is 0. The minimum atomic E-state index is 0. The first-order valence-corrected chi connectivity index (χ1v) is 8.98. The van der Waals surface area contributed by atoms with Crippen LogP contribution in [0.5, 0.6) is 0 Å². The summed E-state index contributed by atoms with van der Waals surface area (Å²) in [6, 6.07) is 13.6. The van der Waals surface area contributed by atoms with Crippen molar-refractivity contribution < 1.29 is 19.5 Å². The van der Waals surface area contributed by atoms with Gasteiger partial charge in [-0.2, -0.15) is 0 Å². The van der Waals surface area contributed by atoms with Crippen LogP contribution in [0.3, 0.4) is 0 Å². The molecule has 0 nitrogen and oxygen atoms in total. The predicted molar refractivity (Wildman–Crippen MR) is 95.3 cm³/mol. The van der Waals surface area contributed by atoms with Gasteiger partial charge in [-0.05, 0) is 83.3 Å². The van der Waals surface area contributed by atoms with Gasteiger partial charge in [0.1, 0.15) is 0 Å². The van der Waals surface area contributed by atoms with Crippen molar-refractivity contribution in [2.75, 3.05) is 0 Å². The van der Waals surface area contributed by atoms with Gasteiger partial charge in [0, 0.05) is 0 Å². The maximum absolute atomic E-state index is 2.37. The van der Waals surface area contributed by atoms with Crippen molar-refractivity contribution in [3.05, 3.63) is 57.6 Å². The molecule has 21 heavy (non-hydrogen) atoms. The SMILES string of the molecule is Cc1cc(-c2ccccc2-c2cc(C)[pH]c2C)c(C)[pH]1.[Rh+]. The van der Waals surface area contributed by atoms with Crippen molar-refractivity contribution in [3.63, 3.8) is 0 Å². The molecule has 0 saturated heterocycles. The Morgan fingerprint density at radius 3 is 1.29 bits per heavy atom. The van der Waals surface area contributed by atoms with E-state index in [0.717, 1.165) is 16.4 Å². The summed E-state index contributed by atoms with van der Waals surface area (Å²) in [4.78, 5) is 0. The second-order valence-electron chi connectivity index (χ2n) is 5.53. The Labute approximate surface area is 143 Å². The van der Waals surface area contributed by atoms with E-state index in [2.05, 4.69) is 64.1 Å². The van der Waals surface area contributed by atoms with Crippen molar-refractivity contribution in [1.29, 1.82) is 0 Å². The molecule has 2 heterocycles. The van der Waals surface area contributed by atoms with Gasteiger partial charge in [-0.1, -0.05) is 24.3 Å². The molecular formula is C18H20P2Rh+. The van der Waals surface area contributed by atoms with Crippen molar-refractivity contribution in [2.24, 2.45) is 0 Å². The van der Waals surface area contributed by atoms with Gasteiger partial charge < -0.3 is 0 Å². The average molecular weight is 401 g/mol. The van der Waals surface area contributed by atoms with Crippen molar-refractivity contribution >= 4 is 16.4 Å². The number of benzene rings is 1. The van der Waals surface area contributed by atoms with Crippen LogP contribution in [0, 0.1) is 27.7 Å². The molecule has 3 aromatic rings. The van der Waals surface area contributed by atoms with Crippen LogP contribution in [0.15, 0.2) is 36.4 Å². The summed E-state index contributed by atoms with van der Waals surface area (Å²) < 4.78 is 0. The van der Waals surface area contributed by atoms with E-state index in [1.54, 1.807) is 0 Å². The molecule has 0 spiro atoms. The quantitative estimate of drug-likeness (QED) is 0.441. The monoisotopic (exact) mass is 401 g/mol. The number of rotatable bonds is 2. The zero-order valence-corrected chi connectivity index (χ0v) is 16.4. The van der Waals surface area contributed by atoms with Gasteiger partial charge in [0.2, 0.25) is 0 Å². The topological polar surface area (TPSA) is 0 Å². The maximum atomic E-state index is 2.37. The van der Waals surface area contributed by atoms with Crippen molar-refractivity contribution in [2.45, 2.75) is 27.7 Å². The summed E-state index contributed by atoms with van der Waals surface area (Å²) in [5, 5.41) is 6.04. The Kier molecular flexibility index (Phi) is 5.32. The molecule has 2 aromatic heterocycles. The summed E-state index contributed by atoms with van der Waals surface area (Å²) in [5.74, 6) is 0. The maximum Gasteiger partial charge on any atom is 1.00 e. The third-order valence-corrected chi connectivity index (χ3v) is 6.17. The first-order chi connectivity index (χ1) is 9.56. The summed E-state index contributed by atoms with van der Waals surface area (Å²) in [7, 11) is 1.74. The van der Waals surface area contributed by atoms with Crippen LogP contribution in [0.25, 0.3) is 22.3 Å². The molecule has 0 amide bonds. The van der Waals surface area contributed by atoms with Crippen LogP contribution in [0.1, 0.15) is 21.2 Å². The fraction of sp³-hybridized carbons (Fsp3) is 0.222. The molecular weight excluding hydrogens is 381 g/mol. The summed E-state index contributed by atoms with van der Waals surface area (Å²) >= 11 is 0. The molecule has 0 aliphatic carbocycles. The zero-order valence-electron chi connectivity index (χ0n) is 12.8. The van der Waals surface area contributed by atoms with Crippen LogP contribution in [0.4, 0.5) is 0 Å². The Morgan fingerprint density at radius 2 is 1.00 bits per heavy atom. The van der Waals surface area contributed by atoms with E-state index < -0.39 is 0 Å². The van der Waals surface area contributed by atoms with Crippen LogP contribution in [-0.4, -0.2) is 0 Å². The smallest absolute Gasteiger partial charge is 0.133 e. The Balaban J connectivity index is 0.00000161. The van der Waals surface area contributed by atoms with E-state index in [1.807, 2.05) is 0 Å². The minimum Gasteiger partial charge on any atom is -0.133 e. The van der Waals surface area contributed by atoms with Crippen LogP contribution in [-0.2, 0) is 19.5 Å². The van der Waals surface area contributed by atoms with Crippen LogP contribution in [0.2, 0.25) is 0 Å². The van der Waals surface area contributed by atoms with Gasteiger partial charge in [-0.25, -0.2) is 0 Å². The van der Waals surface area contributed by atoms with Gasteiger partial charge in [-0.3, -0.25) is 0 Å². The largest absolute Gasteiger partial charge is 1.00 e. The molecule has 3 rings (SSSR count). The molecule has 0 bridgehead atoms. The Morgan fingerprint density at radius 1 is 0.619 bits per heavy atom. The van der Waals surface area contributed by atoms with E-state index in [-0.39, 0.29) is 19.5 Å². The second kappa shape index (κ2) is 6.66. The molecule has 2 atom stereocenters. The summed E-state index contributed by atoms with van der Waals surface area (Å²) in [6.45, 7) is 9.03. The fourth-order valence-electron chi connectivity index (χ4n) is 2.96. The molecule has 0 radical (unpaired) electrons. The first-order valence-electron chi connectivity index (χ1n) is 6.98. The van der Waals surface area contributed by atoms with Gasteiger partial charge in [0.05, 0.1) is 0 Å². The van der Waals surface area contributed by atoms with Crippen LogP contribution < -0.4 is 0 Å². The average Bonchev–Trinajstić information content (AvgIpc) is 2.91. The molecule has 110 valence electrons. The van der Waals surface area contributed by atoms with Gasteiger partial charge in [0.25, 0.3) is 0 Å². The third-order valence-electron chi connectivity index (χ3n) is 3.81. The number of hydrogen-bond acceptors (Lipinski definition) is 0. The van der Waals surface area contributed by atoms with Crippen molar-refractivity contribution in [1.82, 2.24) is 0 Å². The summed E-state index contributed by atoms with van der Waals surface area (Å²) in [5.41, 5.74) is 5.69. The number of aryl methyl sites for hydroxylation is 4. The van der Waals surface area contributed by atoms with E-state index >= 15 is 0 Å². The molecule has 0 aliphatic rings. The molecule has 3 heteroatoms. The molecule has 0 saturated carbocycles. The normalized spacial score (nSPS) is 11.2. The first kappa shape index (κ1) is 16.8. The molecule has 1 aromatic carbocycles. The van der Waals surface area contributed by atoms with E-state index in [4.69, 9.17) is 0 Å². The third kappa shape index (κ3) is 3.27.